The van der Waals surface area contributed by atoms with E-state index in [0.717, 1.165) is 0 Å². The average molecular weight is 520 g/mol. The van der Waals surface area contributed by atoms with E-state index in [2.05, 4.69) is 0 Å². The van der Waals surface area contributed by atoms with Gasteiger partial charge in [-0.15, -0.1) is 0 Å². The van der Waals surface area contributed by atoms with Gasteiger partial charge in [-0.1, -0.05) is 54.6 Å². The lowest BCUT2D eigenvalue weighted by Gasteiger charge is -2.42. The standard InChI is InChI=1S/C28H24O10/c29-17-35-23-21(16-34-25(31)18-10-4-1-5-11-18)36-28(38-27(33)20-14-8-3-9-15-20)22(30)24(23)37-26(32)19-12-6-2-7-13-19/h1-15,17,21-24,28,30H,16H2/t21-,22-,23-,24-,28+/m1/s1. The van der Waals surface area contributed by atoms with E-state index in [-0.39, 0.29) is 23.2 Å². The summed E-state index contributed by atoms with van der Waals surface area (Å²) in [6.45, 7) is -0.385. The lowest BCUT2D eigenvalue weighted by molar-refractivity contribution is -0.285. The molecule has 0 unspecified atom stereocenters. The molecule has 196 valence electrons. The van der Waals surface area contributed by atoms with Crippen molar-refractivity contribution in [1.82, 2.24) is 0 Å². The first-order chi connectivity index (χ1) is 18.5. The van der Waals surface area contributed by atoms with Gasteiger partial charge >= 0.3 is 17.9 Å². The third-order valence-electron chi connectivity index (χ3n) is 5.70. The summed E-state index contributed by atoms with van der Waals surface area (Å²) in [5, 5.41) is 11.0. The smallest absolute Gasteiger partial charge is 0.340 e. The van der Waals surface area contributed by atoms with Crippen LogP contribution in [0.2, 0.25) is 0 Å². The minimum absolute atomic E-state index is 0.0897. The van der Waals surface area contributed by atoms with Crippen molar-refractivity contribution in [2.75, 3.05) is 6.61 Å². The second-order valence-corrected chi connectivity index (χ2v) is 8.20. The normalized spacial score (nSPS) is 22.5. The largest absolute Gasteiger partial charge is 0.459 e. The summed E-state index contributed by atoms with van der Waals surface area (Å²) < 4.78 is 27.0. The maximum Gasteiger partial charge on any atom is 0.340 e. The van der Waals surface area contributed by atoms with E-state index in [1.807, 2.05) is 0 Å². The summed E-state index contributed by atoms with van der Waals surface area (Å²) in [5.41, 5.74) is 0.607. The molecule has 0 saturated carbocycles. The van der Waals surface area contributed by atoms with Crippen LogP contribution in [0.3, 0.4) is 0 Å². The van der Waals surface area contributed by atoms with Crippen molar-refractivity contribution in [3.05, 3.63) is 108 Å². The number of esters is 3. The summed E-state index contributed by atoms with van der Waals surface area (Å²) in [6.07, 6.45) is -7.59. The minimum atomic E-state index is -1.75. The summed E-state index contributed by atoms with van der Waals surface area (Å²) in [4.78, 5) is 49.3. The van der Waals surface area contributed by atoms with E-state index < -0.39 is 55.2 Å². The van der Waals surface area contributed by atoms with Crippen LogP contribution in [-0.4, -0.2) is 66.8 Å². The van der Waals surface area contributed by atoms with E-state index in [1.165, 1.54) is 24.3 Å². The van der Waals surface area contributed by atoms with Crippen LogP contribution in [0.4, 0.5) is 0 Å². The van der Waals surface area contributed by atoms with E-state index in [9.17, 15) is 24.3 Å². The third kappa shape index (κ3) is 6.41. The van der Waals surface area contributed by atoms with E-state index in [0.29, 0.717) is 0 Å². The second-order valence-electron chi connectivity index (χ2n) is 8.20. The van der Waals surface area contributed by atoms with Gasteiger partial charge in [0.25, 0.3) is 6.47 Å². The molecule has 0 bridgehead atoms. The highest BCUT2D eigenvalue weighted by atomic mass is 16.7. The van der Waals surface area contributed by atoms with Gasteiger partial charge in [-0.05, 0) is 36.4 Å². The summed E-state index contributed by atoms with van der Waals surface area (Å²) >= 11 is 0. The molecule has 0 aromatic heterocycles. The predicted octanol–water partition coefficient (Wildman–Crippen LogP) is 2.55. The maximum atomic E-state index is 12.8. The molecule has 1 aliphatic heterocycles. The predicted molar refractivity (Wildman–Crippen MR) is 130 cm³/mol. The van der Waals surface area contributed by atoms with Crippen LogP contribution in [0.1, 0.15) is 31.1 Å². The van der Waals surface area contributed by atoms with Gasteiger partial charge in [-0.25, -0.2) is 14.4 Å². The Kier molecular flexibility index (Phi) is 8.81. The number of carbonyl (C=O) groups is 4. The molecule has 5 atom stereocenters. The minimum Gasteiger partial charge on any atom is -0.459 e. The van der Waals surface area contributed by atoms with E-state index >= 15 is 0 Å². The maximum absolute atomic E-state index is 12.8. The van der Waals surface area contributed by atoms with Crippen LogP contribution in [-0.2, 0) is 28.5 Å². The van der Waals surface area contributed by atoms with Crippen molar-refractivity contribution in [2.45, 2.75) is 30.7 Å². The number of aliphatic hydroxyl groups excluding tert-OH is 1. The molecular weight excluding hydrogens is 496 g/mol. The molecule has 1 fully saturated rings. The number of carbonyl (C=O) groups excluding carboxylic acids is 4. The molecule has 0 spiro atoms. The summed E-state index contributed by atoms with van der Waals surface area (Å²) in [6, 6.07) is 24.0. The number of hydrogen-bond donors (Lipinski definition) is 1. The number of benzene rings is 3. The van der Waals surface area contributed by atoms with Crippen molar-refractivity contribution >= 4 is 24.4 Å². The Morgan fingerprint density at radius 1 is 0.711 bits per heavy atom. The first kappa shape index (κ1) is 26.5. The first-order valence-electron chi connectivity index (χ1n) is 11.6. The number of rotatable bonds is 9. The zero-order chi connectivity index (χ0) is 26.9. The van der Waals surface area contributed by atoms with E-state index in [1.54, 1.807) is 66.7 Å². The lowest BCUT2D eigenvalue weighted by atomic mass is 9.98. The average Bonchev–Trinajstić information content (AvgIpc) is 2.96. The van der Waals surface area contributed by atoms with Crippen molar-refractivity contribution in [3.8, 4) is 0 Å². The van der Waals surface area contributed by atoms with Gasteiger partial charge in [0.05, 0.1) is 16.7 Å². The monoisotopic (exact) mass is 520 g/mol. The highest BCUT2D eigenvalue weighted by molar-refractivity contribution is 5.90. The molecule has 10 heteroatoms. The molecule has 0 amide bonds. The highest BCUT2D eigenvalue weighted by Crippen LogP contribution is 2.28. The van der Waals surface area contributed by atoms with Crippen LogP contribution in [0.5, 0.6) is 0 Å². The van der Waals surface area contributed by atoms with Crippen LogP contribution in [0.15, 0.2) is 91.0 Å². The fourth-order valence-corrected chi connectivity index (χ4v) is 3.82. The summed E-state index contributed by atoms with van der Waals surface area (Å²) in [5.74, 6) is -2.34. The molecule has 1 aliphatic rings. The molecule has 38 heavy (non-hydrogen) atoms. The molecule has 0 radical (unpaired) electrons. The molecule has 1 heterocycles. The van der Waals surface area contributed by atoms with Gasteiger partial charge in [0.1, 0.15) is 12.7 Å². The van der Waals surface area contributed by atoms with Gasteiger partial charge in [0.15, 0.2) is 18.3 Å². The Bertz CT molecular complexity index is 1230. The fourth-order valence-electron chi connectivity index (χ4n) is 3.82. The van der Waals surface area contributed by atoms with Crippen LogP contribution >= 0.6 is 0 Å². The molecule has 3 aromatic rings. The van der Waals surface area contributed by atoms with Gasteiger partial charge in [-0.3, -0.25) is 4.79 Å². The number of hydrogen-bond acceptors (Lipinski definition) is 10. The lowest BCUT2D eigenvalue weighted by Crippen LogP contribution is -2.61. The zero-order valence-electron chi connectivity index (χ0n) is 20.0. The Labute approximate surface area is 217 Å². The van der Waals surface area contributed by atoms with Crippen molar-refractivity contribution < 1.29 is 48.0 Å². The summed E-state index contributed by atoms with van der Waals surface area (Å²) in [7, 11) is 0. The van der Waals surface area contributed by atoms with Gasteiger partial charge in [-0.2, -0.15) is 0 Å². The Morgan fingerprint density at radius 3 is 1.68 bits per heavy atom. The number of aliphatic hydroxyl groups is 1. The van der Waals surface area contributed by atoms with Crippen molar-refractivity contribution in [2.24, 2.45) is 0 Å². The van der Waals surface area contributed by atoms with Gasteiger partial charge in [0.2, 0.25) is 6.29 Å². The molecule has 1 N–H and O–H groups in total. The molecule has 4 rings (SSSR count). The second kappa shape index (κ2) is 12.6. The van der Waals surface area contributed by atoms with E-state index in [4.69, 9.17) is 23.7 Å². The van der Waals surface area contributed by atoms with Crippen LogP contribution in [0.25, 0.3) is 0 Å². The highest BCUT2D eigenvalue weighted by Gasteiger charge is 2.51. The molecule has 3 aromatic carbocycles. The van der Waals surface area contributed by atoms with Crippen molar-refractivity contribution in [3.63, 3.8) is 0 Å². The topological polar surface area (TPSA) is 135 Å². The molecule has 1 saturated heterocycles. The van der Waals surface area contributed by atoms with Crippen LogP contribution in [0, 0.1) is 0 Å². The SMILES string of the molecule is O=CO[C@H]1[C@H](OC(=O)c2ccccc2)[C@@H](O)[C@H](OC(=O)c2ccccc2)O[C@@H]1COC(=O)c1ccccc1. The Hall–Kier alpha value is -4.54. The fraction of sp³-hybridized carbons (Fsp3) is 0.214. The molecular formula is C28H24O10. The Balaban J connectivity index is 1.58. The first-order valence-corrected chi connectivity index (χ1v) is 11.6. The van der Waals surface area contributed by atoms with Gasteiger partial charge < -0.3 is 28.8 Å². The number of ether oxygens (including phenoxy) is 5. The molecule has 0 aliphatic carbocycles. The zero-order valence-corrected chi connectivity index (χ0v) is 20.0. The molecule has 10 nitrogen and oxygen atoms in total. The Morgan fingerprint density at radius 2 is 1.18 bits per heavy atom. The quantitative estimate of drug-likeness (QED) is 0.255. The van der Waals surface area contributed by atoms with Crippen molar-refractivity contribution in [1.29, 1.82) is 0 Å². The third-order valence-corrected chi connectivity index (χ3v) is 5.70. The van der Waals surface area contributed by atoms with Crippen LogP contribution < -0.4 is 0 Å². The van der Waals surface area contributed by atoms with Gasteiger partial charge in [0, 0.05) is 0 Å².